The van der Waals surface area contributed by atoms with Crippen molar-refractivity contribution in [2.45, 2.75) is 64.5 Å². The van der Waals surface area contributed by atoms with Crippen molar-refractivity contribution in [2.75, 3.05) is 0 Å². The number of aromatic nitrogens is 2. The lowest BCUT2D eigenvalue weighted by Gasteiger charge is -2.27. The fourth-order valence-corrected chi connectivity index (χ4v) is 3.47. The van der Waals surface area contributed by atoms with Gasteiger partial charge in [0, 0.05) is 36.5 Å². The Kier molecular flexibility index (Phi) is 3.87. The number of hydrogen-bond acceptors (Lipinski definition) is 2. The van der Waals surface area contributed by atoms with Gasteiger partial charge in [-0.1, -0.05) is 12.8 Å². The second kappa shape index (κ2) is 5.66. The lowest BCUT2D eigenvalue weighted by atomic mass is 10.1. The van der Waals surface area contributed by atoms with E-state index >= 15 is 0 Å². The molecule has 3 rings (SSSR count). The van der Waals surface area contributed by atoms with E-state index in [9.17, 15) is 4.79 Å². The van der Waals surface area contributed by atoms with Crippen molar-refractivity contribution in [3.8, 4) is 0 Å². The first-order valence-electron chi connectivity index (χ1n) is 8.08. The summed E-state index contributed by atoms with van der Waals surface area (Å²) in [5.74, 6) is 0.187. The Labute approximate surface area is 126 Å². The maximum absolute atomic E-state index is 12.6. The fourth-order valence-electron chi connectivity index (χ4n) is 3.47. The molecule has 0 spiro atoms. The van der Waals surface area contributed by atoms with Crippen LogP contribution in [0, 0.1) is 13.8 Å². The van der Waals surface area contributed by atoms with Gasteiger partial charge < -0.3 is 4.90 Å². The van der Waals surface area contributed by atoms with Crippen LogP contribution in [0.15, 0.2) is 6.08 Å². The average molecular weight is 287 g/mol. The molecule has 0 radical (unpaired) electrons. The molecule has 0 bridgehead atoms. The highest BCUT2D eigenvalue weighted by Gasteiger charge is 2.37. The van der Waals surface area contributed by atoms with Gasteiger partial charge in [-0.3, -0.25) is 9.48 Å². The van der Waals surface area contributed by atoms with Crippen molar-refractivity contribution in [3.05, 3.63) is 23.0 Å². The van der Waals surface area contributed by atoms with E-state index in [4.69, 9.17) is 0 Å². The summed E-state index contributed by atoms with van der Waals surface area (Å²) in [6, 6.07) is 0.979. The Bertz CT molecular complexity index is 563. The van der Waals surface area contributed by atoms with Crippen LogP contribution < -0.4 is 0 Å². The Hall–Kier alpha value is -1.58. The molecule has 2 saturated carbocycles. The van der Waals surface area contributed by atoms with Crippen LogP contribution in [0.2, 0.25) is 0 Å². The number of hydrogen-bond donors (Lipinski definition) is 0. The molecule has 0 atom stereocenters. The molecule has 1 aromatic rings. The van der Waals surface area contributed by atoms with Crippen LogP contribution in [0.3, 0.4) is 0 Å². The molecule has 1 heterocycles. The molecule has 1 aromatic heterocycles. The van der Waals surface area contributed by atoms with Crippen molar-refractivity contribution >= 4 is 12.0 Å². The monoisotopic (exact) mass is 287 g/mol. The largest absolute Gasteiger partial charge is 0.333 e. The van der Waals surface area contributed by atoms with Gasteiger partial charge in [0.05, 0.1) is 5.69 Å². The van der Waals surface area contributed by atoms with E-state index in [1.54, 1.807) is 6.08 Å². The van der Waals surface area contributed by atoms with Gasteiger partial charge in [0.15, 0.2) is 0 Å². The van der Waals surface area contributed by atoms with Crippen molar-refractivity contribution in [1.29, 1.82) is 0 Å². The van der Waals surface area contributed by atoms with Gasteiger partial charge in [0.25, 0.3) is 0 Å². The predicted molar refractivity (Wildman–Crippen MR) is 83.8 cm³/mol. The molecule has 114 valence electrons. The molecule has 4 heteroatoms. The quantitative estimate of drug-likeness (QED) is 0.798. The normalized spacial score (nSPS) is 19.6. The molecule has 21 heavy (non-hydrogen) atoms. The van der Waals surface area contributed by atoms with Crippen molar-refractivity contribution < 1.29 is 4.79 Å². The summed E-state index contributed by atoms with van der Waals surface area (Å²) < 4.78 is 1.87. The van der Waals surface area contributed by atoms with Gasteiger partial charge in [-0.15, -0.1) is 0 Å². The molecular weight excluding hydrogens is 262 g/mol. The number of nitrogens with zero attached hydrogens (tertiary/aromatic N) is 3. The summed E-state index contributed by atoms with van der Waals surface area (Å²) in [5.41, 5.74) is 3.17. The van der Waals surface area contributed by atoms with Crippen molar-refractivity contribution in [1.82, 2.24) is 14.7 Å². The zero-order valence-electron chi connectivity index (χ0n) is 13.3. The van der Waals surface area contributed by atoms with Gasteiger partial charge in [0.1, 0.15) is 0 Å². The SMILES string of the molecule is Cc1nn(C)c(C)c1C=CC(=O)N(C1CCCC1)C1CC1. The minimum atomic E-state index is 0.187. The molecule has 2 fully saturated rings. The molecule has 4 nitrogen and oxygen atoms in total. The van der Waals surface area contributed by atoms with Gasteiger partial charge in [-0.2, -0.15) is 5.10 Å². The number of carbonyl (C=O) groups excluding carboxylic acids is 1. The van der Waals surface area contributed by atoms with E-state index in [0.29, 0.717) is 12.1 Å². The Morgan fingerprint density at radius 3 is 2.33 bits per heavy atom. The van der Waals surface area contributed by atoms with E-state index in [-0.39, 0.29) is 5.91 Å². The summed E-state index contributed by atoms with van der Waals surface area (Å²) in [6.45, 7) is 4.03. The highest BCUT2D eigenvalue weighted by Crippen LogP contribution is 2.34. The lowest BCUT2D eigenvalue weighted by Crippen LogP contribution is -2.39. The fraction of sp³-hybridized carbons (Fsp3) is 0.647. The van der Waals surface area contributed by atoms with Gasteiger partial charge in [0.2, 0.25) is 5.91 Å². The van der Waals surface area contributed by atoms with Crippen LogP contribution in [0.5, 0.6) is 0 Å². The predicted octanol–water partition coefficient (Wildman–Crippen LogP) is 2.98. The first-order chi connectivity index (χ1) is 10.1. The first-order valence-corrected chi connectivity index (χ1v) is 8.08. The standard InChI is InChI=1S/C17H25N3O/c1-12-16(13(2)19(3)18-12)10-11-17(21)20(15-8-9-15)14-6-4-5-7-14/h10-11,14-15H,4-9H2,1-3H3. The molecule has 1 amide bonds. The molecule has 0 saturated heterocycles. The third-order valence-corrected chi connectivity index (χ3v) is 4.87. The highest BCUT2D eigenvalue weighted by atomic mass is 16.2. The number of rotatable bonds is 4. The summed E-state index contributed by atoms with van der Waals surface area (Å²) in [5, 5.41) is 4.40. The summed E-state index contributed by atoms with van der Waals surface area (Å²) in [4.78, 5) is 14.8. The van der Waals surface area contributed by atoms with E-state index in [1.807, 2.05) is 31.7 Å². The number of aryl methyl sites for hydroxylation is 2. The minimum Gasteiger partial charge on any atom is -0.333 e. The zero-order valence-corrected chi connectivity index (χ0v) is 13.3. The smallest absolute Gasteiger partial charge is 0.247 e. The van der Waals surface area contributed by atoms with E-state index in [1.165, 1.54) is 38.5 Å². The van der Waals surface area contributed by atoms with Crippen LogP contribution in [-0.4, -0.2) is 32.7 Å². The Morgan fingerprint density at radius 1 is 1.19 bits per heavy atom. The second-order valence-corrected chi connectivity index (χ2v) is 6.46. The molecule has 2 aliphatic rings. The number of amides is 1. The van der Waals surface area contributed by atoms with Crippen LogP contribution in [0.4, 0.5) is 0 Å². The van der Waals surface area contributed by atoms with Crippen LogP contribution in [-0.2, 0) is 11.8 Å². The molecule has 0 aliphatic heterocycles. The van der Waals surface area contributed by atoms with E-state index < -0.39 is 0 Å². The summed E-state index contributed by atoms with van der Waals surface area (Å²) in [7, 11) is 1.94. The van der Waals surface area contributed by atoms with Crippen LogP contribution >= 0.6 is 0 Å². The lowest BCUT2D eigenvalue weighted by molar-refractivity contribution is -0.128. The van der Waals surface area contributed by atoms with Crippen molar-refractivity contribution in [3.63, 3.8) is 0 Å². The topological polar surface area (TPSA) is 38.1 Å². The van der Waals surface area contributed by atoms with Gasteiger partial charge in [-0.05, 0) is 45.6 Å². The van der Waals surface area contributed by atoms with Crippen LogP contribution in [0.25, 0.3) is 6.08 Å². The molecule has 0 N–H and O–H groups in total. The summed E-state index contributed by atoms with van der Waals surface area (Å²) >= 11 is 0. The van der Waals surface area contributed by atoms with Gasteiger partial charge in [-0.25, -0.2) is 0 Å². The molecule has 2 aliphatic carbocycles. The third-order valence-electron chi connectivity index (χ3n) is 4.87. The third kappa shape index (κ3) is 2.89. The average Bonchev–Trinajstić information content (AvgIpc) is 3.06. The number of carbonyl (C=O) groups is 1. The van der Waals surface area contributed by atoms with Gasteiger partial charge >= 0.3 is 0 Å². The highest BCUT2D eigenvalue weighted by molar-refractivity contribution is 5.92. The van der Waals surface area contributed by atoms with E-state index in [2.05, 4.69) is 10.00 Å². The zero-order chi connectivity index (χ0) is 15.0. The van der Waals surface area contributed by atoms with E-state index in [0.717, 1.165) is 17.0 Å². The first kappa shape index (κ1) is 14.4. The Morgan fingerprint density at radius 2 is 1.81 bits per heavy atom. The summed E-state index contributed by atoms with van der Waals surface area (Å²) in [6.07, 6.45) is 11.0. The minimum absolute atomic E-state index is 0.187. The van der Waals surface area contributed by atoms with Crippen LogP contribution in [0.1, 0.15) is 55.5 Å². The molecule has 0 unspecified atom stereocenters. The molecule has 0 aromatic carbocycles. The molecular formula is C17H25N3O. The maximum atomic E-state index is 12.6. The maximum Gasteiger partial charge on any atom is 0.247 e. The Balaban J connectivity index is 1.76. The second-order valence-electron chi connectivity index (χ2n) is 6.46. The van der Waals surface area contributed by atoms with Crippen molar-refractivity contribution in [2.24, 2.45) is 7.05 Å².